The average Bonchev–Trinajstić information content (AvgIpc) is 2.71. The Morgan fingerprint density at radius 1 is 1.27 bits per heavy atom. The molecule has 0 aliphatic rings. The number of nitrogens with one attached hydrogen (secondary N) is 1. The largest absolute Gasteiger partial charge is 0.449 e. The number of halogens is 5. The van der Waals surface area contributed by atoms with Crippen LogP contribution in [-0.4, -0.2) is 26.2 Å². The van der Waals surface area contributed by atoms with Crippen LogP contribution in [0.3, 0.4) is 0 Å². The van der Waals surface area contributed by atoms with E-state index >= 15 is 0 Å². The van der Waals surface area contributed by atoms with Gasteiger partial charge in [-0.15, -0.1) is 0 Å². The molecule has 0 aliphatic heterocycles. The molecular weight excluding hydrogens is 470 g/mol. The molecule has 172 valence electrons. The Hall–Kier alpha value is -3.72. The highest BCUT2D eigenvalue weighted by molar-refractivity contribution is 6.30. The van der Waals surface area contributed by atoms with Crippen LogP contribution in [0.1, 0.15) is 29.4 Å². The van der Waals surface area contributed by atoms with Gasteiger partial charge in [0.25, 0.3) is 17.0 Å². The molecule has 0 amide bonds. The molecule has 0 fully saturated rings. The molecule has 33 heavy (non-hydrogen) atoms. The van der Waals surface area contributed by atoms with Gasteiger partial charge >= 0.3 is 0 Å². The summed E-state index contributed by atoms with van der Waals surface area (Å²) in [7, 11) is 0. The highest BCUT2D eigenvalue weighted by atomic mass is 35.5. The maximum Gasteiger partial charge on any atom is 0.297 e. The second-order valence-corrected chi connectivity index (χ2v) is 7.38. The summed E-state index contributed by atoms with van der Waals surface area (Å²) in [5.41, 5.74) is -3.02. The van der Waals surface area contributed by atoms with Gasteiger partial charge in [0.05, 0.1) is 36.6 Å². The predicted molar refractivity (Wildman–Crippen MR) is 108 cm³/mol. The van der Waals surface area contributed by atoms with Crippen LogP contribution >= 0.6 is 11.6 Å². The van der Waals surface area contributed by atoms with Crippen molar-refractivity contribution in [1.82, 2.24) is 19.7 Å². The minimum absolute atomic E-state index is 0.0569. The van der Waals surface area contributed by atoms with E-state index < -0.39 is 47.9 Å². The summed E-state index contributed by atoms with van der Waals surface area (Å²) in [4.78, 5) is 28.6. The second-order valence-electron chi connectivity index (χ2n) is 6.94. The molecule has 0 radical (unpaired) electrons. The van der Waals surface area contributed by atoms with Gasteiger partial charge in [-0.1, -0.05) is 11.6 Å². The molecule has 0 saturated carbocycles. The van der Waals surface area contributed by atoms with Crippen LogP contribution in [0.25, 0.3) is 0 Å². The van der Waals surface area contributed by atoms with Crippen molar-refractivity contribution in [2.75, 3.05) is 0 Å². The van der Waals surface area contributed by atoms with Crippen LogP contribution in [0.15, 0.2) is 40.2 Å². The van der Waals surface area contributed by atoms with E-state index in [0.717, 1.165) is 17.0 Å². The Morgan fingerprint density at radius 3 is 2.64 bits per heavy atom. The van der Waals surface area contributed by atoms with E-state index in [9.17, 15) is 27.2 Å². The maximum absolute atomic E-state index is 14.1. The van der Waals surface area contributed by atoms with Gasteiger partial charge in [0.2, 0.25) is 12.2 Å². The zero-order chi connectivity index (χ0) is 24.3. The number of nitriles is 1. The summed E-state index contributed by atoms with van der Waals surface area (Å²) in [6.45, 7) is 0.0275. The lowest BCUT2D eigenvalue weighted by Gasteiger charge is -2.16. The Kier molecular flexibility index (Phi) is 6.83. The van der Waals surface area contributed by atoms with Crippen molar-refractivity contribution in [2.45, 2.75) is 32.2 Å². The van der Waals surface area contributed by atoms with Gasteiger partial charge in [-0.3, -0.25) is 14.2 Å². The first-order chi connectivity index (χ1) is 15.5. The third kappa shape index (κ3) is 5.75. The first kappa shape index (κ1) is 23.9. The highest BCUT2D eigenvalue weighted by Gasteiger charge is 2.33. The van der Waals surface area contributed by atoms with E-state index in [1.54, 1.807) is 0 Å². The number of benzene rings is 1. The van der Waals surface area contributed by atoms with Gasteiger partial charge in [-0.05, 0) is 24.3 Å². The number of aromatic nitrogens is 4. The molecule has 3 rings (SSSR count). The van der Waals surface area contributed by atoms with Crippen LogP contribution in [0, 0.1) is 11.3 Å². The van der Waals surface area contributed by atoms with Crippen LogP contribution in [0.5, 0.6) is 11.5 Å². The SMILES string of the molecule is CC(F)(F)c1ncn(Cc2cc(CC(F)F)n[nH]c2=O)c(=O)c1Oc1cc(Cl)cc(C#N)c1. The Labute approximate surface area is 188 Å². The standard InChI is InChI=1S/C20H14ClF4N5O3/c1-20(24,25)17-16(33-14-3-10(7-26)2-12(21)5-14)19(32)30(9-27-17)8-11-4-13(6-15(22)23)28-29-18(11)31/h2-5,9,15H,6,8H2,1H3,(H,29,31). The molecule has 8 nitrogen and oxygen atoms in total. The predicted octanol–water partition coefficient (Wildman–Crippen LogP) is 3.61. The summed E-state index contributed by atoms with van der Waals surface area (Å²) >= 11 is 5.90. The van der Waals surface area contributed by atoms with E-state index in [4.69, 9.17) is 21.6 Å². The molecular formula is C20H14ClF4N5O3. The fourth-order valence-corrected chi connectivity index (χ4v) is 3.07. The molecule has 0 unspecified atom stereocenters. The zero-order valence-corrected chi connectivity index (χ0v) is 17.5. The number of hydrogen-bond acceptors (Lipinski definition) is 6. The van der Waals surface area contributed by atoms with E-state index in [2.05, 4.69) is 15.2 Å². The number of rotatable bonds is 7. The van der Waals surface area contributed by atoms with Gasteiger partial charge in [-0.25, -0.2) is 18.9 Å². The Balaban J connectivity index is 2.08. The van der Waals surface area contributed by atoms with Gasteiger partial charge in [0.1, 0.15) is 5.75 Å². The molecule has 0 spiro atoms. The van der Waals surface area contributed by atoms with Crippen LogP contribution < -0.4 is 15.9 Å². The number of ether oxygens (including phenoxy) is 1. The second kappa shape index (κ2) is 9.41. The molecule has 3 aromatic rings. The number of aromatic amines is 1. The van der Waals surface area contributed by atoms with Crippen LogP contribution in [0.2, 0.25) is 5.02 Å². The zero-order valence-electron chi connectivity index (χ0n) is 16.8. The van der Waals surface area contributed by atoms with Crippen molar-refractivity contribution in [3.8, 4) is 17.6 Å². The lowest BCUT2D eigenvalue weighted by atomic mass is 10.2. The quantitative estimate of drug-likeness (QED) is 0.513. The smallest absolute Gasteiger partial charge is 0.297 e. The topological polar surface area (TPSA) is 114 Å². The van der Waals surface area contributed by atoms with Crippen molar-refractivity contribution in [1.29, 1.82) is 5.26 Å². The lowest BCUT2D eigenvalue weighted by molar-refractivity contribution is 0.0101. The molecule has 1 aromatic carbocycles. The van der Waals surface area contributed by atoms with Crippen molar-refractivity contribution in [3.05, 3.63) is 78.8 Å². The monoisotopic (exact) mass is 483 g/mol. The number of alkyl halides is 4. The van der Waals surface area contributed by atoms with Crippen molar-refractivity contribution in [3.63, 3.8) is 0 Å². The normalized spacial score (nSPS) is 11.5. The summed E-state index contributed by atoms with van der Waals surface area (Å²) in [6.07, 6.45) is -2.67. The van der Waals surface area contributed by atoms with Crippen LogP contribution in [-0.2, 0) is 18.9 Å². The molecule has 0 bridgehead atoms. The number of H-pyrrole nitrogens is 1. The minimum atomic E-state index is -3.58. The Morgan fingerprint density at radius 2 is 2.00 bits per heavy atom. The molecule has 2 aromatic heterocycles. The van der Waals surface area contributed by atoms with Crippen molar-refractivity contribution < 1.29 is 22.3 Å². The summed E-state index contributed by atoms with van der Waals surface area (Å²) in [6, 6.07) is 6.59. The van der Waals surface area contributed by atoms with E-state index in [-0.39, 0.29) is 27.6 Å². The molecule has 0 atom stereocenters. The fraction of sp³-hybridized carbons (Fsp3) is 0.250. The van der Waals surface area contributed by atoms with Gasteiger partial charge in [0.15, 0.2) is 5.69 Å². The molecule has 1 N–H and O–H groups in total. The summed E-state index contributed by atoms with van der Waals surface area (Å²) in [5, 5.41) is 14.7. The third-order valence-corrected chi connectivity index (χ3v) is 4.49. The summed E-state index contributed by atoms with van der Waals surface area (Å²) < 4.78 is 59.7. The fourth-order valence-electron chi connectivity index (χ4n) is 2.85. The van der Waals surface area contributed by atoms with E-state index in [0.29, 0.717) is 6.92 Å². The third-order valence-electron chi connectivity index (χ3n) is 4.27. The molecule has 0 aliphatic carbocycles. The summed E-state index contributed by atoms with van der Waals surface area (Å²) in [5.74, 6) is -4.60. The van der Waals surface area contributed by atoms with Gasteiger partial charge < -0.3 is 4.74 Å². The van der Waals surface area contributed by atoms with Crippen molar-refractivity contribution >= 4 is 11.6 Å². The van der Waals surface area contributed by atoms with Crippen molar-refractivity contribution in [2.24, 2.45) is 0 Å². The average molecular weight is 484 g/mol. The van der Waals surface area contributed by atoms with E-state index in [1.807, 2.05) is 6.07 Å². The molecule has 2 heterocycles. The maximum atomic E-state index is 14.1. The molecule has 13 heteroatoms. The van der Waals surface area contributed by atoms with Gasteiger partial charge in [0, 0.05) is 17.5 Å². The van der Waals surface area contributed by atoms with Crippen LogP contribution in [0.4, 0.5) is 17.6 Å². The van der Waals surface area contributed by atoms with Gasteiger partial charge in [-0.2, -0.15) is 19.1 Å². The van der Waals surface area contributed by atoms with E-state index in [1.165, 1.54) is 18.2 Å². The molecule has 0 saturated heterocycles. The number of nitrogens with zero attached hydrogens (tertiary/aromatic N) is 4. The first-order valence-corrected chi connectivity index (χ1v) is 9.57. The number of hydrogen-bond donors (Lipinski definition) is 1. The lowest BCUT2D eigenvalue weighted by Crippen LogP contribution is -2.29. The highest BCUT2D eigenvalue weighted by Crippen LogP contribution is 2.33. The first-order valence-electron chi connectivity index (χ1n) is 9.20. The minimum Gasteiger partial charge on any atom is -0.449 e. The Bertz CT molecular complexity index is 1350.